The fourth-order valence-corrected chi connectivity index (χ4v) is 4.10. The van der Waals surface area contributed by atoms with Crippen molar-refractivity contribution in [2.75, 3.05) is 36.0 Å². The lowest BCUT2D eigenvalue weighted by Crippen LogP contribution is -2.47. The molecule has 25 heavy (non-hydrogen) atoms. The summed E-state index contributed by atoms with van der Waals surface area (Å²) in [5.74, 6) is 0.955. The second kappa shape index (κ2) is 6.29. The maximum absolute atomic E-state index is 11.3. The number of fused-ring (bicyclic) bond motifs is 1. The van der Waals surface area contributed by atoms with Crippen LogP contribution in [-0.2, 0) is 0 Å². The number of nitro groups is 1. The summed E-state index contributed by atoms with van der Waals surface area (Å²) in [6.07, 6.45) is 1.61. The Morgan fingerprint density at radius 3 is 2.60 bits per heavy atom. The third-order valence-corrected chi connectivity index (χ3v) is 5.39. The quantitative estimate of drug-likeness (QED) is 0.530. The highest BCUT2D eigenvalue weighted by Crippen LogP contribution is 2.32. The number of aryl methyl sites for hydroxylation is 1. The van der Waals surface area contributed by atoms with E-state index in [4.69, 9.17) is 0 Å². The molecule has 8 heteroatoms. The normalized spacial score (nSPS) is 14.9. The maximum atomic E-state index is 11.3. The first-order valence-electron chi connectivity index (χ1n) is 8.08. The smallest absolute Gasteiger partial charge is 0.292 e. The maximum Gasteiger partial charge on any atom is 0.292 e. The molecule has 4 rings (SSSR count). The molecule has 128 valence electrons. The summed E-state index contributed by atoms with van der Waals surface area (Å²) in [7, 11) is 0. The van der Waals surface area contributed by atoms with Crippen LogP contribution in [0, 0.1) is 17.0 Å². The summed E-state index contributed by atoms with van der Waals surface area (Å²) in [5, 5.41) is 12.3. The summed E-state index contributed by atoms with van der Waals surface area (Å²) in [5.41, 5.74) is 0.847. The van der Waals surface area contributed by atoms with E-state index in [1.54, 1.807) is 29.8 Å². The summed E-state index contributed by atoms with van der Waals surface area (Å²) in [6.45, 7) is 5.06. The average Bonchev–Trinajstić information content (AvgIpc) is 3.02. The van der Waals surface area contributed by atoms with E-state index in [2.05, 4.69) is 32.8 Å². The Morgan fingerprint density at radius 2 is 1.84 bits per heavy atom. The van der Waals surface area contributed by atoms with Crippen LogP contribution < -0.4 is 9.80 Å². The molecule has 0 atom stereocenters. The number of para-hydroxylation sites is 2. The second-order valence-electron chi connectivity index (χ2n) is 5.99. The van der Waals surface area contributed by atoms with Gasteiger partial charge in [0, 0.05) is 37.1 Å². The zero-order valence-corrected chi connectivity index (χ0v) is 14.6. The van der Waals surface area contributed by atoms with Gasteiger partial charge in [0.25, 0.3) is 5.69 Å². The van der Waals surface area contributed by atoms with Gasteiger partial charge in [-0.2, -0.15) is 0 Å². The van der Waals surface area contributed by atoms with Crippen LogP contribution in [0.2, 0.25) is 0 Å². The number of hydrogen-bond acceptors (Lipinski definition) is 7. The summed E-state index contributed by atoms with van der Waals surface area (Å²) >= 11 is 1.67. The molecule has 1 fully saturated rings. The van der Waals surface area contributed by atoms with Crippen molar-refractivity contribution < 1.29 is 4.92 Å². The Balaban J connectivity index is 1.57. The van der Waals surface area contributed by atoms with Crippen LogP contribution >= 0.6 is 11.3 Å². The van der Waals surface area contributed by atoms with Crippen molar-refractivity contribution in [2.45, 2.75) is 6.92 Å². The van der Waals surface area contributed by atoms with Crippen molar-refractivity contribution in [3.05, 3.63) is 51.7 Å². The van der Waals surface area contributed by atoms with Crippen LogP contribution in [0.15, 0.2) is 36.7 Å². The van der Waals surface area contributed by atoms with E-state index >= 15 is 0 Å². The molecule has 2 aromatic heterocycles. The van der Waals surface area contributed by atoms with Crippen molar-refractivity contribution in [1.82, 2.24) is 9.97 Å². The molecular weight excluding hydrogens is 338 g/mol. The number of piperazine rings is 1. The minimum absolute atomic E-state index is 0.161. The molecule has 1 saturated heterocycles. The zero-order chi connectivity index (χ0) is 17.4. The molecule has 0 amide bonds. The largest absolute Gasteiger partial charge is 0.362 e. The number of anilines is 2. The highest BCUT2D eigenvalue weighted by atomic mass is 32.1. The second-order valence-corrected chi connectivity index (χ2v) is 7.23. The van der Waals surface area contributed by atoms with Gasteiger partial charge in [0.15, 0.2) is 0 Å². The van der Waals surface area contributed by atoms with E-state index in [0.717, 1.165) is 42.2 Å². The Morgan fingerprint density at radius 1 is 1.12 bits per heavy atom. The molecule has 1 aliphatic heterocycles. The third kappa shape index (κ3) is 2.89. The van der Waals surface area contributed by atoms with Gasteiger partial charge in [-0.05, 0) is 19.1 Å². The van der Waals surface area contributed by atoms with Gasteiger partial charge < -0.3 is 9.80 Å². The number of rotatable bonds is 3. The van der Waals surface area contributed by atoms with E-state index < -0.39 is 0 Å². The highest BCUT2D eigenvalue weighted by Gasteiger charge is 2.24. The number of aromatic nitrogens is 2. The van der Waals surface area contributed by atoms with Crippen LogP contribution in [0.4, 0.5) is 17.2 Å². The van der Waals surface area contributed by atoms with Gasteiger partial charge in [0.1, 0.15) is 22.7 Å². The predicted molar refractivity (Wildman–Crippen MR) is 99.7 cm³/mol. The molecule has 0 aliphatic carbocycles. The van der Waals surface area contributed by atoms with E-state index in [9.17, 15) is 10.1 Å². The topological polar surface area (TPSA) is 75.4 Å². The molecule has 0 bridgehead atoms. The minimum atomic E-state index is -0.316. The summed E-state index contributed by atoms with van der Waals surface area (Å²) in [6, 6.07) is 9.05. The van der Waals surface area contributed by atoms with Gasteiger partial charge in [-0.1, -0.05) is 12.1 Å². The molecule has 0 radical (unpaired) electrons. The molecule has 1 aromatic carbocycles. The standard InChI is InChI=1S/C17H17N5O2S/c1-12-10-13-16(18-11-19-17(13)25-12)21-8-6-20(7-9-21)14-4-2-3-5-15(14)22(23)24/h2-5,10-11H,6-9H2,1H3. The Bertz CT molecular complexity index is 934. The van der Waals surface area contributed by atoms with Gasteiger partial charge >= 0.3 is 0 Å². The Labute approximate surface area is 148 Å². The van der Waals surface area contributed by atoms with Crippen LogP contribution in [0.25, 0.3) is 10.2 Å². The lowest BCUT2D eigenvalue weighted by Gasteiger charge is -2.36. The minimum Gasteiger partial charge on any atom is -0.362 e. The van der Waals surface area contributed by atoms with Crippen LogP contribution in [0.5, 0.6) is 0 Å². The fourth-order valence-electron chi connectivity index (χ4n) is 3.26. The van der Waals surface area contributed by atoms with E-state index in [0.29, 0.717) is 5.69 Å². The number of nitro benzene ring substituents is 1. The fraction of sp³-hybridized carbons (Fsp3) is 0.294. The molecule has 3 aromatic rings. The van der Waals surface area contributed by atoms with Crippen molar-refractivity contribution in [3.63, 3.8) is 0 Å². The molecule has 0 N–H and O–H groups in total. The molecule has 3 heterocycles. The number of thiophene rings is 1. The van der Waals surface area contributed by atoms with E-state index in [1.165, 1.54) is 4.88 Å². The lowest BCUT2D eigenvalue weighted by atomic mass is 10.2. The highest BCUT2D eigenvalue weighted by molar-refractivity contribution is 7.18. The molecule has 7 nitrogen and oxygen atoms in total. The molecule has 0 spiro atoms. The number of benzene rings is 1. The first-order valence-corrected chi connectivity index (χ1v) is 8.89. The molecule has 0 unspecified atom stereocenters. The first-order chi connectivity index (χ1) is 12.1. The van der Waals surface area contributed by atoms with Crippen molar-refractivity contribution in [1.29, 1.82) is 0 Å². The monoisotopic (exact) mass is 355 g/mol. The van der Waals surface area contributed by atoms with Gasteiger partial charge in [0.2, 0.25) is 0 Å². The van der Waals surface area contributed by atoms with Crippen LogP contribution in [-0.4, -0.2) is 41.1 Å². The summed E-state index contributed by atoms with van der Waals surface area (Å²) in [4.78, 5) is 26.3. The third-order valence-electron chi connectivity index (χ3n) is 4.43. The predicted octanol–water partition coefficient (Wildman–Crippen LogP) is 3.23. The lowest BCUT2D eigenvalue weighted by molar-refractivity contribution is -0.384. The van der Waals surface area contributed by atoms with Crippen LogP contribution in [0.1, 0.15) is 4.88 Å². The first kappa shape index (κ1) is 15.8. The average molecular weight is 355 g/mol. The van der Waals surface area contributed by atoms with Crippen molar-refractivity contribution in [3.8, 4) is 0 Å². The van der Waals surface area contributed by atoms with Gasteiger partial charge in [-0.3, -0.25) is 10.1 Å². The molecule has 0 saturated carbocycles. The molecular formula is C17H17N5O2S. The van der Waals surface area contributed by atoms with Crippen LogP contribution in [0.3, 0.4) is 0 Å². The zero-order valence-electron chi connectivity index (χ0n) is 13.8. The number of hydrogen-bond donors (Lipinski definition) is 0. The molecule has 1 aliphatic rings. The Hall–Kier alpha value is -2.74. The van der Waals surface area contributed by atoms with Gasteiger partial charge in [-0.25, -0.2) is 9.97 Å². The van der Waals surface area contributed by atoms with Gasteiger partial charge in [0.05, 0.1) is 10.3 Å². The van der Waals surface area contributed by atoms with Gasteiger partial charge in [-0.15, -0.1) is 11.3 Å². The summed E-state index contributed by atoms with van der Waals surface area (Å²) < 4.78 is 0. The number of nitrogens with zero attached hydrogens (tertiary/aromatic N) is 5. The SMILES string of the molecule is Cc1cc2c(N3CCN(c4ccccc4[N+](=O)[O-])CC3)ncnc2s1. The van der Waals surface area contributed by atoms with Crippen molar-refractivity contribution >= 4 is 38.7 Å². The van der Waals surface area contributed by atoms with E-state index in [1.807, 2.05) is 12.1 Å². The van der Waals surface area contributed by atoms with Crippen molar-refractivity contribution in [2.24, 2.45) is 0 Å². The Kier molecular flexibility index (Phi) is 3.96. The van der Waals surface area contributed by atoms with E-state index in [-0.39, 0.29) is 10.6 Å².